The van der Waals surface area contributed by atoms with E-state index in [1.54, 1.807) is 0 Å². The summed E-state index contributed by atoms with van der Waals surface area (Å²) in [5.74, 6) is -1.51. The van der Waals surface area contributed by atoms with Crippen LogP contribution in [0.25, 0.3) is 0 Å². The molecule has 0 aliphatic carbocycles. The van der Waals surface area contributed by atoms with Crippen LogP contribution in [0.1, 0.15) is 32.6 Å². The van der Waals surface area contributed by atoms with E-state index in [2.05, 4.69) is 5.32 Å². The molecule has 0 unspecified atom stereocenters. The maximum absolute atomic E-state index is 12.2. The highest BCUT2D eigenvalue weighted by Crippen LogP contribution is 2.18. The molecule has 1 aliphatic rings. The Labute approximate surface area is 122 Å². The first kappa shape index (κ1) is 16.9. The summed E-state index contributed by atoms with van der Waals surface area (Å²) in [6.45, 7) is 1.42. The number of β-amino-alcohol motifs (C(OH)–C–C–N with tert-alkyl or cyclic N) is 1. The predicted molar refractivity (Wildman–Crippen MR) is 72.4 cm³/mol. The highest BCUT2D eigenvalue weighted by molar-refractivity contribution is 5.91. The molecule has 116 valence electrons. The Morgan fingerprint density at radius 1 is 1.52 bits per heavy atom. The summed E-state index contributed by atoms with van der Waals surface area (Å²) in [5.41, 5.74) is 5.22. The Hall–Kier alpha value is -2.14. The second-order valence-corrected chi connectivity index (χ2v) is 5.09. The van der Waals surface area contributed by atoms with Crippen molar-refractivity contribution in [2.24, 2.45) is 5.73 Å². The maximum Gasteiger partial charge on any atom is 0.243 e. The van der Waals surface area contributed by atoms with E-state index >= 15 is 0 Å². The van der Waals surface area contributed by atoms with E-state index in [0.717, 1.165) is 0 Å². The lowest BCUT2D eigenvalue weighted by Crippen LogP contribution is -2.51. The fraction of sp³-hybridized carbons (Fsp3) is 0.692. The average molecular weight is 296 g/mol. The first-order valence-corrected chi connectivity index (χ1v) is 6.78. The van der Waals surface area contributed by atoms with Crippen molar-refractivity contribution in [2.45, 2.75) is 50.8 Å². The molecule has 0 aromatic rings. The molecule has 1 heterocycles. The number of nitrogens with one attached hydrogen (secondary N) is 1. The third kappa shape index (κ3) is 4.72. The van der Waals surface area contributed by atoms with E-state index < -0.39 is 30.0 Å². The minimum Gasteiger partial charge on any atom is -0.391 e. The largest absolute Gasteiger partial charge is 0.391 e. The van der Waals surface area contributed by atoms with Crippen LogP contribution < -0.4 is 11.1 Å². The molecule has 0 radical (unpaired) electrons. The van der Waals surface area contributed by atoms with Gasteiger partial charge in [0, 0.05) is 26.3 Å². The number of carbonyl (C=O) groups is 3. The van der Waals surface area contributed by atoms with E-state index in [0.29, 0.717) is 6.42 Å². The van der Waals surface area contributed by atoms with Crippen molar-refractivity contribution < 1.29 is 19.5 Å². The van der Waals surface area contributed by atoms with Crippen LogP contribution in [0.2, 0.25) is 0 Å². The number of amides is 3. The minimum atomic E-state index is -0.877. The summed E-state index contributed by atoms with van der Waals surface area (Å²) in [4.78, 5) is 36.2. The summed E-state index contributed by atoms with van der Waals surface area (Å²) in [6.07, 6.45) is 0.351. The van der Waals surface area contributed by atoms with Gasteiger partial charge in [-0.1, -0.05) is 0 Å². The van der Waals surface area contributed by atoms with Gasteiger partial charge in [0.2, 0.25) is 17.7 Å². The fourth-order valence-corrected chi connectivity index (χ4v) is 2.35. The predicted octanol–water partition coefficient (Wildman–Crippen LogP) is -1.37. The Bertz CT molecular complexity index is 460. The molecule has 1 fully saturated rings. The molecule has 1 saturated heterocycles. The van der Waals surface area contributed by atoms with E-state index in [4.69, 9.17) is 11.0 Å². The monoisotopic (exact) mass is 296 g/mol. The van der Waals surface area contributed by atoms with Gasteiger partial charge >= 0.3 is 0 Å². The van der Waals surface area contributed by atoms with Crippen LogP contribution >= 0.6 is 0 Å². The van der Waals surface area contributed by atoms with Gasteiger partial charge in [0.15, 0.2) is 0 Å². The summed E-state index contributed by atoms with van der Waals surface area (Å²) >= 11 is 0. The van der Waals surface area contributed by atoms with Gasteiger partial charge in [-0.3, -0.25) is 14.4 Å². The number of likely N-dealkylation sites (tertiary alicyclic amines) is 1. The number of primary amides is 1. The standard InChI is InChI=1S/C13H20N4O4/c1-8(18)17-7-9(19)6-11(17)13(21)16-10(12(15)20)4-2-3-5-14/h9-11,19H,2-4,6-7H2,1H3,(H2,15,20)(H,16,21)/t9-,10+,11+/m1/s1. The summed E-state index contributed by atoms with van der Waals surface area (Å²) in [6, 6.07) is 0.274. The molecule has 1 rings (SSSR count). The number of hydrogen-bond donors (Lipinski definition) is 3. The van der Waals surface area contributed by atoms with E-state index in [-0.39, 0.29) is 31.7 Å². The highest BCUT2D eigenvalue weighted by Gasteiger charge is 2.38. The highest BCUT2D eigenvalue weighted by atomic mass is 16.3. The molecule has 1 aliphatic heterocycles. The first-order chi connectivity index (χ1) is 9.86. The average Bonchev–Trinajstić information content (AvgIpc) is 2.80. The molecular weight excluding hydrogens is 276 g/mol. The van der Waals surface area contributed by atoms with Gasteiger partial charge in [-0.15, -0.1) is 0 Å². The molecule has 0 aromatic carbocycles. The van der Waals surface area contributed by atoms with Crippen molar-refractivity contribution >= 4 is 17.7 Å². The zero-order valence-electron chi connectivity index (χ0n) is 11.9. The summed E-state index contributed by atoms with van der Waals surface area (Å²) in [5, 5.41) is 20.5. The minimum absolute atomic E-state index is 0.100. The number of carbonyl (C=O) groups excluding carboxylic acids is 3. The molecule has 0 bridgehead atoms. The molecule has 0 saturated carbocycles. The molecule has 8 heteroatoms. The van der Waals surface area contributed by atoms with Crippen molar-refractivity contribution in [1.82, 2.24) is 10.2 Å². The third-order valence-corrected chi connectivity index (χ3v) is 3.43. The number of nitrogens with zero attached hydrogens (tertiary/aromatic N) is 2. The van der Waals surface area contributed by atoms with Gasteiger partial charge in [-0.05, 0) is 12.8 Å². The van der Waals surface area contributed by atoms with Gasteiger partial charge in [0.1, 0.15) is 12.1 Å². The quantitative estimate of drug-likeness (QED) is 0.519. The van der Waals surface area contributed by atoms with Crippen molar-refractivity contribution in [1.29, 1.82) is 5.26 Å². The molecule has 21 heavy (non-hydrogen) atoms. The number of nitriles is 1. The number of aliphatic hydroxyl groups excluding tert-OH is 1. The number of rotatable bonds is 6. The topological polar surface area (TPSA) is 137 Å². The fourth-order valence-electron chi connectivity index (χ4n) is 2.35. The summed E-state index contributed by atoms with van der Waals surface area (Å²) in [7, 11) is 0. The van der Waals surface area contributed by atoms with Gasteiger partial charge in [0.05, 0.1) is 12.2 Å². The van der Waals surface area contributed by atoms with Crippen LogP contribution in [0.4, 0.5) is 0 Å². The number of nitrogens with two attached hydrogens (primary N) is 1. The number of unbranched alkanes of at least 4 members (excludes halogenated alkanes) is 1. The first-order valence-electron chi connectivity index (χ1n) is 6.78. The Kier molecular flexibility index (Phi) is 6.11. The zero-order valence-corrected chi connectivity index (χ0v) is 11.9. The SMILES string of the molecule is CC(=O)N1C[C@H](O)C[C@H]1C(=O)N[C@@H](CCCC#N)C(N)=O. The lowest BCUT2D eigenvalue weighted by molar-refractivity contribution is -0.138. The molecular formula is C13H20N4O4. The Balaban J connectivity index is 2.66. The Morgan fingerprint density at radius 3 is 2.71 bits per heavy atom. The normalized spacial score (nSPS) is 22.4. The van der Waals surface area contributed by atoms with Crippen LogP contribution in [0.5, 0.6) is 0 Å². The van der Waals surface area contributed by atoms with Crippen LogP contribution in [0, 0.1) is 11.3 Å². The molecule has 0 aromatic heterocycles. The van der Waals surface area contributed by atoms with Crippen LogP contribution in [0.3, 0.4) is 0 Å². The van der Waals surface area contributed by atoms with Crippen molar-refractivity contribution in [2.75, 3.05) is 6.54 Å². The number of aliphatic hydroxyl groups is 1. The van der Waals surface area contributed by atoms with Crippen molar-refractivity contribution in [3.8, 4) is 6.07 Å². The summed E-state index contributed by atoms with van der Waals surface area (Å²) < 4.78 is 0. The second kappa shape index (κ2) is 7.59. The smallest absolute Gasteiger partial charge is 0.243 e. The van der Waals surface area contributed by atoms with Crippen molar-refractivity contribution in [3.63, 3.8) is 0 Å². The zero-order chi connectivity index (χ0) is 16.0. The molecule has 4 N–H and O–H groups in total. The molecule has 0 spiro atoms. The lowest BCUT2D eigenvalue weighted by Gasteiger charge is -2.24. The lowest BCUT2D eigenvalue weighted by atomic mass is 10.1. The van der Waals surface area contributed by atoms with Crippen LogP contribution in [-0.4, -0.2) is 52.5 Å². The van der Waals surface area contributed by atoms with Gasteiger partial charge in [0.25, 0.3) is 0 Å². The number of hydrogen-bond acceptors (Lipinski definition) is 5. The van der Waals surface area contributed by atoms with E-state index in [9.17, 15) is 19.5 Å². The van der Waals surface area contributed by atoms with E-state index in [1.165, 1.54) is 11.8 Å². The van der Waals surface area contributed by atoms with Gasteiger partial charge in [-0.25, -0.2) is 0 Å². The van der Waals surface area contributed by atoms with Gasteiger partial charge < -0.3 is 21.1 Å². The van der Waals surface area contributed by atoms with Crippen molar-refractivity contribution in [3.05, 3.63) is 0 Å². The van der Waals surface area contributed by atoms with Crippen LogP contribution in [-0.2, 0) is 14.4 Å². The Morgan fingerprint density at radius 2 is 2.19 bits per heavy atom. The third-order valence-electron chi connectivity index (χ3n) is 3.43. The second-order valence-electron chi connectivity index (χ2n) is 5.09. The van der Waals surface area contributed by atoms with E-state index in [1.807, 2.05) is 6.07 Å². The molecule has 3 atom stereocenters. The molecule has 8 nitrogen and oxygen atoms in total. The maximum atomic E-state index is 12.2. The molecule has 3 amide bonds. The van der Waals surface area contributed by atoms with Gasteiger partial charge in [-0.2, -0.15) is 5.26 Å². The van der Waals surface area contributed by atoms with Crippen LogP contribution in [0.15, 0.2) is 0 Å².